The molecule has 0 radical (unpaired) electrons. The third kappa shape index (κ3) is 4.71. The summed E-state index contributed by atoms with van der Waals surface area (Å²) in [6, 6.07) is 15.1. The summed E-state index contributed by atoms with van der Waals surface area (Å²) >= 11 is 0. The number of halogens is 1. The van der Waals surface area contributed by atoms with Crippen molar-refractivity contribution in [2.24, 2.45) is 0 Å². The Kier molecular flexibility index (Phi) is 5.10. The minimum absolute atomic E-state index is 0.182. The number of aryl methyl sites for hydroxylation is 1. The summed E-state index contributed by atoms with van der Waals surface area (Å²) in [6.45, 7) is 8.13. The lowest BCUT2D eigenvalue weighted by atomic mass is 9.96. The Morgan fingerprint density at radius 2 is 1.90 bits per heavy atom. The Hall–Kier alpha value is -2.15. The van der Waals surface area contributed by atoms with Gasteiger partial charge in [-0.2, -0.15) is 0 Å². The predicted molar refractivity (Wildman–Crippen MR) is 88.7 cm³/mol. The molecule has 2 aromatic rings. The molecule has 2 rings (SSSR count). The van der Waals surface area contributed by atoms with E-state index in [-0.39, 0.29) is 5.82 Å². The van der Waals surface area contributed by atoms with Crippen molar-refractivity contribution in [3.05, 3.63) is 88.8 Å². The Labute approximate surface area is 126 Å². The van der Waals surface area contributed by atoms with Crippen LogP contribution in [0.2, 0.25) is 0 Å². The van der Waals surface area contributed by atoms with Crippen LogP contribution in [0.4, 0.5) is 4.39 Å². The normalized spacial score (nSPS) is 11.5. The summed E-state index contributed by atoms with van der Waals surface area (Å²) in [5.74, 6) is -0.182. The van der Waals surface area contributed by atoms with Crippen LogP contribution in [0.25, 0.3) is 6.08 Å². The van der Waals surface area contributed by atoms with Crippen molar-refractivity contribution in [1.29, 1.82) is 0 Å². The van der Waals surface area contributed by atoms with Crippen molar-refractivity contribution >= 4 is 6.08 Å². The van der Waals surface area contributed by atoms with Gasteiger partial charge in [0.1, 0.15) is 5.82 Å². The Balaban J connectivity index is 2.30. The number of benzene rings is 2. The average molecular weight is 280 g/mol. The molecule has 0 aromatic heterocycles. The van der Waals surface area contributed by atoms with E-state index in [1.807, 2.05) is 25.1 Å². The summed E-state index contributed by atoms with van der Waals surface area (Å²) in [5.41, 5.74) is 5.82. The van der Waals surface area contributed by atoms with E-state index < -0.39 is 0 Å². The first kappa shape index (κ1) is 15.2. The maximum Gasteiger partial charge on any atom is 0.123 e. The highest BCUT2D eigenvalue weighted by molar-refractivity contribution is 5.57. The lowest BCUT2D eigenvalue weighted by Crippen LogP contribution is -1.94. The van der Waals surface area contributed by atoms with E-state index in [4.69, 9.17) is 0 Å². The number of hydrogen-bond donors (Lipinski definition) is 0. The topological polar surface area (TPSA) is 0 Å². The average Bonchev–Trinajstić information content (AvgIpc) is 2.40. The van der Waals surface area contributed by atoms with Crippen molar-refractivity contribution in [2.45, 2.75) is 26.7 Å². The van der Waals surface area contributed by atoms with Crippen molar-refractivity contribution in [1.82, 2.24) is 0 Å². The van der Waals surface area contributed by atoms with Crippen LogP contribution in [0, 0.1) is 12.7 Å². The molecule has 0 saturated carbocycles. The zero-order chi connectivity index (χ0) is 15.2. The third-order valence-corrected chi connectivity index (χ3v) is 3.40. The summed E-state index contributed by atoms with van der Waals surface area (Å²) in [7, 11) is 0. The maximum atomic E-state index is 13.3. The zero-order valence-electron chi connectivity index (χ0n) is 12.7. The van der Waals surface area contributed by atoms with E-state index in [2.05, 4.69) is 31.7 Å². The Bertz CT molecular complexity index is 665. The second kappa shape index (κ2) is 7.03. The van der Waals surface area contributed by atoms with Gasteiger partial charge in [-0.15, -0.1) is 0 Å². The molecule has 2 aromatic carbocycles. The molecule has 0 saturated heterocycles. The van der Waals surface area contributed by atoms with Crippen molar-refractivity contribution in [3.8, 4) is 0 Å². The number of hydrogen-bond acceptors (Lipinski definition) is 0. The molecule has 108 valence electrons. The molecule has 0 nitrogen and oxygen atoms in total. The second-order valence-corrected chi connectivity index (χ2v) is 5.60. The second-order valence-electron chi connectivity index (χ2n) is 5.60. The monoisotopic (exact) mass is 280 g/mol. The highest BCUT2D eigenvalue weighted by Crippen LogP contribution is 2.21. The van der Waals surface area contributed by atoms with Crippen molar-refractivity contribution < 1.29 is 4.39 Å². The third-order valence-electron chi connectivity index (χ3n) is 3.40. The van der Waals surface area contributed by atoms with Crippen LogP contribution in [-0.4, -0.2) is 0 Å². The number of rotatable bonds is 5. The van der Waals surface area contributed by atoms with Gasteiger partial charge >= 0.3 is 0 Å². The Morgan fingerprint density at radius 1 is 1.14 bits per heavy atom. The first-order valence-corrected chi connectivity index (χ1v) is 7.18. The molecule has 21 heavy (non-hydrogen) atoms. The fourth-order valence-corrected chi connectivity index (χ4v) is 2.43. The van der Waals surface area contributed by atoms with E-state index in [1.54, 1.807) is 12.1 Å². The van der Waals surface area contributed by atoms with E-state index >= 15 is 0 Å². The van der Waals surface area contributed by atoms with Gasteiger partial charge in [0.25, 0.3) is 0 Å². The van der Waals surface area contributed by atoms with E-state index in [0.717, 1.165) is 24.0 Å². The quantitative estimate of drug-likeness (QED) is 0.614. The molecular formula is C20H21F. The SMILES string of the molecule is C=C(C)CC(=Cc1ccccc1C)Cc1cccc(F)c1. The van der Waals surface area contributed by atoms with Crippen LogP contribution < -0.4 is 0 Å². The van der Waals surface area contributed by atoms with E-state index in [0.29, 0.717) is 0 Å². The molecule has 1 heteroatoms. The summed E-state index contributed by atoms with van der Waals surface area (Å²) in [4.78, 5) is 0. The number of allylic oxidation sites excluding steroid dienone is 2. The summed E-state index contributed by atoms with van der Waals surface area (Å²) in [5, 5.41) is 0. The van der Waals surface area contributed by atoms with Gasteiger partial charge in [-0.05, 0) is 55.5 Å². The van der Waals surface area contributed by atoms with E-state index in [9.17, 15) is 4.39 Å². The minimum atomic E-state index is -0.182. The van der Waals surface area contributed by atoms with Crippen LogP contribution >= 0.6 is 0 Å². The smallest absolute Gasteiger partial charge is 0.123 e. The first-order chi connectivity index (χ1) is 10.0. The fourth-order valence-electron chi connectivity index (χ4n) is 2.43. The van der Waals surface area contributed by atoms with E-state index in [1.165, 1.54) is 22.8 Å². The van der Waals surface area contributed by atoms with Gasteiger partial charge in [0.2, 0.25) is 0 Å². The van der Waals surface area contributed by atoms with Crippen molar-refractivity contribution in [3.63, 3.8) is 0 Å². The van der Waals surface area contributed by atoms with Gasteiger partial charge in [0, 0.05) is 0 Å². The lowest BCUT2D eigenvalue weighted by molar-refractivity contribution is 0.626. The molecule has 0 fully saturated rings. The summed E-state index contributed by atoms with van der Waals surface area (Å²) in [6.07, 6.45) is 3.79. The van der Waals surface area contributed by atoms with Crippen LogP contribution in [-0.2, 0) is 6.42 Å². The molecule has 0 amide bonds. The molecule has 0 aliphatic heterocycles. The molecule has 0 bridgehead atoms. The molecule has 0 atom stereocenters. The van der Waals surface area contributed by atoms with Gasteiger partial charge in [0.05, 0.1) is 0 Å². The Morgan fingerprint density at radius 3 is 2.57 bits per heavy atom. The fraction of sp³-hybridized carbons (Fsp3) is 0.200. The molecule has 0 spiro atoms. The minimum Gasteiger partial charge on any atom is -0.207 e. The predicted octanol–water partition coefficient (Wildman–Crippen LogP) is 5.73. The van der Waals surface area contributed by atoms with Crippen molar-refractivity contribution in [2.75, 3.05) is 0 Å². The van der Waals surface area contributed by atoms with Gasteiger partial charge in [-0.25, -0.2) is 4.39 Å². The van der Waals surface area contributed by atoms with Crippen LogP contribution in [0.1, 0.15) is 30.0 Å². The molecular weight excluding hydrogens is 259 g/mol. The van der Waals surface area contributed by atoms with Crippen LogP contribution in [0.15, 0.2) is 66.3 Å². The lowest BCUT2D eigenvalue weighted by Gasteiger charge is -2.10. The maximum absolute atomic E-state index is 13.3. The molecule has 0 heterocycles. The standard InChI is InChI=1S/C20H21F/c1-15(2)11-18(12-17-8-6-10-20(21)14-17)13-19-9-5-4-7-16(19)3/h4-10,13-14H,1,11-12H2,2-3H3. The highest BCUT2D eigenvalue weighted by atomic mass is 19.1. The molecule has 0 N–H and O–H groups in total. The van der Waals surface area contributed by atoms with Crippen LogP contribution in [0.5, 0.6) is 0 Å². The van der Waals surface area contributed by atoms with Gasteiger partial charge < -0.3 is 0 Å². The largest absolute Gasteiger partial charge is 0.207 e. The van der Waals surface area contributed by atoms with Gasteiger partial charge in [-0.3, -0.25) is 0 Å². The highest BCUT2D eigenvalue weighted by Gasteiger charge is 2.04. The zero-order valence-corrected chi connectivity index (χ0v) is 12.7. The first-order valence-electron chi connectivity index (χ1n) is 7.18. The van der Waals surface area contributed by atoms with Gasteiger partial charge in [0.15, 0.2) is 0 Å². The van der Waals surface area contributed by atoms with Crippen LogP contribution in [0.3, 0.4) is 0 Å². The summed E-state index contributed by atoms with van der Waals surface area (Å²) < 4.78 is 13.3. The molecule has 0 aliphatic rings. The molecule has 0 unspecified atom stereocenters. The molecule has 0 aliphatic carbocycles. The van der Waals surface area contributed by atoms with Gasteiger partial charge in [-0.1, -0.05) is 60.2 Å².